The fourth-order valence-electron chi connectivity index (χ4n) is 2.51. The van der Waals surface area contributed by atoms with E-state index in [0.717, 1.165) is 6.20 Å². The van der Waals surface area contributed by atoms with Crippen LogP contribution in [0.2, 0.25) is 0 Å². The van der Waals surface area contributed by atoms with Gasteiger partial charge < -0.3 is 9.84 Å². The Morgan fingerprint density at radius 3 is 3.00 bits per heavy atom. The number of pyridine rings is 1. The van der Waals surface area contributed by atoms with Gasteiger partial charge in [0.1, 0.15) is 5.82 Å². The molecule has 6 heteroatoms. The molecule has 1 aromatic heterocycles. The zero-order valence-corrected chi connectivity index (χ0v) is 10.8. The molecule has 0 bridgehead atoms. The van der Waals surface area contributed by atoms with E-state index in [1.165, 1.54) is 6.07 Å². The smallest absolute Gasteiger partial charge is 0.308 e. The first kappa shape index (κ1) is 13.9. The molecule has 1 aliphatic rings. The molecule has 1 aliphatic heterocycles. The lowest BCUT2D eigenvalue weighted by Gasteiger charge is -2.15. The molecule has 19 heavy (non-hydrogen) atoms. The molecule has 0 unspecified atom stereocenters. The van der Waals surface area contributed by atoms with Gasteiger partial charge in [0, 0.05) is 38.9 Å². The van der Waals surface area contributed by atoms with Crippen LogP contribution in [-0.2, 0) is 9.53 Å². The van der Waals surface area contributed by atoms with Crippen LogP contribution in [0.4, 0.5) is 4.39 Å². The number of hydrogen-bond acceptors (Lipinski definition) is 4. The van der Waals surface area contributed by atoms with E-state index < -0.39 is 17.7 Å². The van der Waals surface area contributed by atoms with Crippen LogP contribution >= 0.6 is 0 Å². The molecule has 104 valence electrons. The molecule has 2 rings (SSSR count). The summed E-state index contributed by atoms with van der Waals surface area (Å²) in [6, 6.07) is 1.37. The van der Waals surface area contributed by atoms with Crippen LogP contribution in [0.5, 0.6) is 0 Å². The molecule has 0 saturated carbocycles. The number of carbonyl (C=O) groups is 1. The molecular weight excluding hydrogens is 251 g/mol. The predicted molar refractivity (Wildman–Crippen MR) is 66.4 cm³/mol. The van der Waals surface area contributed by atoms with Gasteiger partial charge in [0.05, 0.1) is 18.7 Å². The summed E-state index contributed by atoms with van der Waals surface area (Å²) >= 11 is 0. The molecule has 1 aromatic rings. The van der Waals surface area contributed by atoms with Crippen molar-refractivity contribution in [3.05, 3.63) is 29.8 Å². The van der Waals surface area contributed by atoms with Gasteiger partial charge in [-0.25, -0.2) is 4.39 Å². The van der Waals surface area contributed by atoms with Gasteiger partial charge in [0.2, 0.25) is 0 Å². The Hall–Kier alpha value is -1.53. The molecule has 1 saturated heterocycles. The quantitative estimate of drug-likeness (QED) is 0.862. The third kappa shape index (κ3) is 3.27. The molecule has 0 aliphatic carbocycles. The Labute approximate surface area is 111 Å². The number of aromatic nitrogens is 1. The highest BCUT2D eigenvalue weighted by molar-refractivity contribution is 5.72. The zero-order chi connectivity index (χ0) is 13.8. The third-order valence-corrected chi connectivity index (χ3v) is 3.48. The normalized spacial score (nSPS) is 23.7. The average Bonchev–Trinajstić information content (AvgIpc) is 2.80. The molecule has 1 fully saturated rings. The highest BCUT2D eigenvalue weighted by atomic mass is 19.1. The number of likely N-dealkylation sites (tertiary alicyclic amines) is 1. The maximum Gasteiger partial charge on any atom is 0.308 e. The van der Waals surface area contributed by atoms with Crippen molar-refractivity contribution in [3.8, 4) is 0 Å². The molecule has 0 aromatic carbocycles. The van der Waals surface area contributed by atoms with E-state index in [1.54, 1.807) is 13.3 Å². The SMILES string of the molecule is COCCN1C[C@@H](C(=O)O)[C@H](c2cncc(F)c2)C1. The van der Waals surface area contributed by atoms with Gasteiger partial charge in [-0.05, 0) is 11.6 Å². The van der Waals surface area contributed by atoms with Crippen molar-refractivity contribution in [1.82, 2.24) is 9.88 Å². The van der Waals surface area contributed by atoms with Crippen molar-refractivity contribution >= 4 is 5.97 Å². The Balaban J connectivity index is 2.15. The summed E-state index contributed by atoms with van der Waals surface area (Å²) in [5, 5.41) is 9.29. The minimum Gasteiger partial charge on any atom is -0.481 e. The van der Waals surface area contributed by atoms with Gasteiger partial charge in [-0.2, -0.15) is 0 Å². The van der Waals surface area contributed by atoms with Crippen LogP contribution in [0.15, 0.2) is 18.5 Å². The number of rotatable bonds is 5. The fraction of sp³-hybridized carbons (Fsp3) is 0.538. The summed E-state index contributed by atoms with van der Waals surface area (Å²) in [4.78, 5) is 17.1. The lowest BCUT2D eigenvalue weighted by molar-refractivity contribution is -0.141. The predicted octanol–water partition coefficient (Wildman–Crippen LogP) is 0.967. The van der Waals surface area contributed by atoms with E-state index >= 15 is 0 Å². The minimum absolute atomic E-state index is 0.224. The van der Waals surface area contributed by atoms with E-state index in [9.17, 15) is 14.3 Å². The van der Waals surface area contributed by atoms with Gasteiger partial charge in [-0.15, -0.1) is 0 Å². The van der Waals surface area contributed by atoms with Crippen LogP contribution in [0.25, 0.3) is 0 Å². The minimum atomic E-state index is -0.853. The first-order valence-electron chi connectivity index (χ1n) is 6.16. The average molecular weight is 268 g/mol. The van der Waals surface area contributed by atoms with Crippen LogP contribution in [-0.4, -0.2) is 54.3 Å². The summed E-state index contributed by atoms with van der Waals surface area (Å²) in [6.07, 6.45) is 2.67. The monoisotopic (exact) mass is 268 g/mol. The van der Waals surface area contributed by atoms with Gasteiger partial charge in [0.15, 0.2) is 0 Å². The van der Waals surface area contributed by atoms with E-state index in [1.807, 2.05) is 4.90 Å². The van der Waals surface area contributed by atoms with Crippen LogP contribution < -0.4 is 0 Å². The van der Waals surface area contributed by atoms with Crippen LogP contribution in [0.3, 0.4) is 0 Å². The topological polar surface area (TPSA) is 62.7 Å². The highest BCUT2D eigenvalue weighted by Crippen LogP contribution is 2.32. The molecule has 2 atom stereocenters. The lowest BCUT2D eigenvalue weighted by atomic mass is 9.90. The summed E-state index contributed by atoms with van der Waals surface area (Å²) in [6.45, 7) is 2.28. The number of ether oxygens (including phenoxy) is 1. The Bertz CT molecular complexity index is 455. The molecule has 1 N–H and O–H groups in total. The number of methoxy groups -OCH3 is 1. The van der Waals surface area contributed by atoms with E-state index in [-0.39, 0.29) is 5.92 Å². The number of carboxylic acid groups (broad SMARTS) is 1. The van der Waals surface area contributed by atoms with Crippen molar-refractivity contribution < 1.29 is 19.0 Å². The number of hydrogen-bond donors (Lipinski definition) is 1. The maximum absolute atomic E-state index is 13.2. The summed E-state index contributed by atoms with van der Waals surface area (Å²) < 4.78 is 18.2. The van der Waals surface area contributed by atoms with Crippen molar-refractivity contribution in [1.29, 1.82) is 0 Å². The number of nitrogens with zero attached hydrogens (tertiary/aromatic N) is 2. The van der Waals surface area contributed by atoms with E-state index in [0.29, 0.717) is 31.8 Å². The maximum atomic E-state index is 13.2. The molecule has 0 amide bonds. The third-order valence-electron chi connectivity index (χ3n) is 3.48. The van der Waals surface area contributed by atoms with Gasteiger partial charge in [0.25, 0.3) is 0 Å². The second-order valence-electron chi connectivity index (χ2n) is 4.74. The molecular formula is C13H17FN2O3. The van der Waals surface area contributed by atoms with Gasteiger partial charge in [-0.1, -0.05) is 0 Å². The summed E-state index contributed by atoms with van der Waals surface area (Å²) in [5.74, 6) is -2.04. The first-order chi connectivity index (χ1) is 9.11. The Morgan fingerprint density at radius 1 is 1.58 bits per heavy atom. The van der Waals surface area contributed by atoms with Gasteiger partial charge >= 0.3 is 5.97 Å². The molecule has 2 heterocycles. The standard InChI is InChI=1S/C13H17FN2O3/c1-19-3-2-16-7-11(12(8-16)13(17)18)9-4-10(14)6-15-5-9/h4-6,11-12H,2-3,7-8H2,1H3,(H,17,18)/t11-,12+/m0/s1. The largest absolute Gasteiger partial charge is 0.481 e. The summed E-state index contributed by atoms with van der Waals surface area (Å²) in [7, 11) is 1.61. The van der Waals surface area contributed by atoms with E-state index in [4.69, 9.17) is 4.74 Å². The fourth-order valence-corrected chi connectivity index (χ4v) is 2.51. The molecule has 0 radical (unpaired) electrons. The van der Waals surface area contributed by atoms with Gasteiger partial charge in [-0.3, -0.25) is 14.7 Å². The van der Waals surface area contributed by atoms with Crippen LogP contribution in [0.1, 0.15) is 11.5 Å². The van der Waals surface area contributed by atoms with Crippen molar-refractivity contribution in [2.24, 2.45) is 5.92 Å². The second-order valence-corrected chi connectivity index (χ2v) is 4.74. The molecule has 5 nitrogen and oxygen atoms in total. The lowest BCUT2D eigenvalue weighted by Crippen LogP contribution is -2.26. The second kappa shape index (κ2) is 6.08. The van der Waals surface area contributed by atoms with Crippen molar-refractivity contribution in [2.75, 3.05) is 33.4 Å². The van der Waals surface area contributed by atoms with Crippen LogP contribution in [0, 0.1) is 11.7 Å². The van der Waals surface area contributed by atoms with Crippen molar-refractivity contribution in [2.45, 2.75) is 5.92 Å². The highest BCUT2D eigenvalue weighted by Gasteiger charge is 2.38. The number of carboxylic acids is 1. The number of aliphatic carboxylic acids is 1. The Morgan fingerprint density at radius 2 is 2.37 bits per heavy atom. The van der Waals surface area contributed by atoms with Crippen molar-refractivity contribution in [3.63, 3.8) is 0 Å². The number of halogens is 1. The summed E-state index contributed by atoms with van der Waals surface area (Å²) in [5.41, 5.74) is 0.646. The zero-order valence-electron chi connectivity index (χ0n) is 10.8. The first-order valence-corrected chi connectivity index (χ1v) is 6.16. The molecule has 0 spiro atoms. The van der Waals surface area contributed by atoms with E-state index in [2.05, 4.69) is 4.98 Å². The Kier molecular flexibility index (Phi) is 4.44.